The maximum absolute atomic E-state index is 12.4. The van der Waals surface area contributed by atoms with Crippen molar-refractivity contribution in [2.24, 2.45) is 5.92 Å². The molecule has 1 fully saturated rings. The Morgan fingerprint density at radius 1 is 1.32 bits per heavy atom. The molecule has 1 aliphatic heterocycles. The summed E-state index contributed by atoms with van der Waals surface area (Å²) in [5, 5.41) is 3.10. The first-order chi connectivity index (χ1) is 10.4. The lowest BCUT2D eigenvalue weighted by atomic mass is 9.88. The Labute approximate surface area is 133 Å². The van der Waals surface area contributed by atoms with Crippen LogP contribution < -0.4 is 5.32 Å². The van der Waals surface area contributed by atoms with Gasteiger partial charge in [0.15, 0.2) is 0 Å². The third kappa shape index (κ3) is 4.47. The molecule has 1 N–H and O–H groups in total. The molecule has 4 nitrogen and oxygen atoms in total. The highest BCUT2D eigenvalue weighted by Gasteiger charge is 2.30. The van der Waals surface area contributed by atoms with Crippen LogP contribution in [-0.2, 0) is 4.74 Å². The number of urea groups is 1. The van der Waals surface area contributed by atoms with Crippen LogP contribution in [0.1, 0.15) is 39.2 Å². The highest BCUT2D eigenvalue weighted by Crippen LogP contribution is 2.23. The van der Waals surface area contributed by atoms with Gasteiger partial charge in [0, 0.05) is 19.0 Å². The van der Waals surface area contributed by atoms with E-state index in [1.54, 1.807) is 0 Å². The molecule has 1 unspecified atom stereocenters. The summed E-state index contributed by atoms with van der Waals surface area (Å²) in [6.07, 6.45) is 0. The van der Waals surface area contributed by atoms with Crippen molar-refractivity contribution in [3.63, 3.8) is 0 Å². The van der Waals surface area contributed by atoms with Gasteiger partial charge in [-0.1, -0.05) is 44.2 Å². The van der Waals surface area contributed by atoms with Gasteiger partial charge in [-0.25, -0.2) is 4.79 Å². The topological polar surface area (TPSA) is 41.6 Å². The molecule has 0 spiro atoms. The fraction of sp³-hybridized carbons (Fsp3) is 0.611. The molecule has 0 bridgehead atoms. The second kappa shape index (κ2) is 7.14. The summed E-state index contributed by atoms with van der Waals surface area (Å²) < 4.78 is 5.66. The molecule has 0 aliphatic carbocycles. The highest BCUT2D eigenvalue weighted by molar-refractivity contribution is 5.74. The average Bonchev–Trinajstić information content (AvgIpc) is 2.47. The van der Waals surface area contributed by atoms with E-state index < -0.39 is 0 Å². The van der Waals surface area contributed by atoms with E-state index in [0.29, 0.717) is 38.1 Å². The van der Waals surface area contributed by atoms with Crippen LogP contribution in [0.5, 0.6) is 0 Å². The summed E-state index contributed by atoms with van der Waals surface area (Å²) in [5.41, 5.74) is 1.02. The van der Waals surface area contributed by atoms with Crippen LogP contribution in [0.2, 0.25) is 0 Å². The maximum Gasteiger partial charge on any atom is 0.317 e. The van der Waals surface area contributed by atoms with Gasteiger partial charge in [0.05, 0.1) is 18.8 Å². The van der Waals surface area contributed by atoms with E-state index in [1.807, 2.05) is 24.8 Å². The molecule has 1 atom stereocenters. The lowest BCUT2D eigenvalue weighted by molar-refractivity contribution is -0.0733. The summed E-state index contributed by atoms with van der Waals surface area (Å²) in [4.78, 5) is 14.3. The van der Waals surface area contributed by atoms with E-state index in [4.69, 9.17) is 4.74 Å². The van der Waals surface area contributed by atoms with Gasteiger partial charge in [-0.05, 0) is 25.3 Å². The van der Waals surface area contributed by atoms with Crippen molar-refractivity contribution in [3.05, 3.63) is 35.9 Å². The summed E-state index contributed by atoms with van der Waals surface area (Å²) in [6.45, 7) is 11.0. The number of nitrogens with zero attached hydrogens (tertiary/aromatic N) is 1. The largest absolute Gasteiger partial charge is 0.372 e. The van der Waals surface area contributed by atoms with E-state index in [2.05, 4.69) is 43.4 Å². The second-order valence-corrected chi connectivity index (χ2v) is 6.98. The molecule has 1 aliphatic rings. The van der Waals surface area contributed by atoms with Crippen molar-refractivity contribution in [1.82, 2.24) is 10.2 Å². The number of nitrogens with one attached hydrogen (secondary N) is 1. The Balaban J connectivity index is 1.94. The van der Waals surface area contributed by atoms with Gasteiger partial charge in [0.2, 0.25) is 0 Å². The fourth-order valence-electron chi connectivity index (χ4n) is 2.94. The number of amides is 2. The lowest BCUT2D eigenvalue weighted by Crippen LogP contribution is -2.54. The minimum atomic E-state index is -0.257. The van der Waals surface area contributed by atoms with Gasteiger partial charge in [0.25, 0.3) is 0 Å². The Hall–Kier alpha value is -1.55. The van der Waals surface area contributed by atoms with Crippen LogP contribution in [0.25, 0.3) is 0 Å². The van der Waals surface area contributed by atoms with Crippen molar-refractivity contribution in [2.45, 2.75) is 39.2 Å². The van der Waals surface area contributed by atoms with Gasteiger partial charge in [-0.3, -0.25) is 0 Å². The number of morpholine rings is 1. The first-order valence-electron chi connectivity index (χ1n) is 8.11. The van der Waals surface area contributed by atoms with Crippen molar-refractivity contribution in [3.8, 4) is 0 Å². The summed E-state index contributed by atoms with van der Waals surface area (Å²) >= 11 is 0. The monoisotopic (exact) mass is 304 g/mol. The number of hydrogen-bond acceptors (Lipinski definition) is 2. The number of ether oxygens (including phenoxy) is 1. The lowest BCUT2D eigenvalue weighted by Gasteiger charge is -2.38. The molecule has 2 rings (SSSR count). The normalized spacial score (nSPS) is 19.0. The van der Waals surface area contributed by atoms with Crippen LogP contribution in [0.3, 0.4) is 0 Å². The fourth-order valence-corrected chi connectivity index (χ4v) is 2.94. The predicted octanol–water partition coefficient (Wildman–Crippen LogP) is 3.25. The SMILES string of the molecule is CC(C)C(CNC(=O)N1CCOC(C)(C)C1)c1ccccc1. The van der Waals surface area contributed by atoms with Gasteiger partial charge >= 0.3 is 6.03 Å². The van der Waals surface area contributed by atoms with Gasteiger partial charge in [-0.15, -0.1) is 0 Å². The predicted molar refractivity (Wildman–Crippen MR) is 89.0 cm³/mol. The third-order valence-electron chi connectivity index (χ3n) is 4.22. The van der Waals surface area contributed by atoms with Crippen LogP contribution in [0, 0.1) is 5.92 Å². The average molecular weight is 304 g/mol. The molecule has 1 saturated heterocycles. The number of carbonyl (C=O) groups excluding carboxylic acids is 1. The van der Waals surface area contributed by atoms with Crippen molar-refractivity contribution >= 4 is 6.03 Å². The Kier molecular flexibility index (Phi) is 5.46. The quantitative estimate of drug-likeness (QED) is 0.928. The zero-order valence-electron chi connectivity index (χ0n) is 14.1. The number of hydrogen-bond donors (Lipinski definition) is 1. The van der Waals surface area contributed by atoms with Crippen molar-refractivity contribution in [2.75, 3.05) is 26.2 Å². The first kappa shape index (κ1) is 16.8. The zero-order chi connectivity index (χ0) is 16.2. The Morgan fingerprint density at radius 3 is 2.59 bits per heavy atom. The summed E-state index contributed by atoms with van der Waals surface area (Å²) in [7, 11) is 0. The van der Waals surface area contributed by atoms with Gasteiger partial charge in [0.1, 0.15) is 0 Å². The van der Waals surface area contributed by atoms with E-state index in [-0.39, 0.29) is 11.6 Å². The third-order valence-corrected chi connectivity index (χ3v) is 4.22. The molecule has 1 aromatic rings. The molecule has 1 aromatic carbocycles. The van der Waals surface area contributed by atoms with E-state index in [0.717, 1.165) is 0 Å². The van der Waals surface area contributed by atoms with Crippen LogP contribution in [-0.4, -0.2) is 42.8 Å². The molecule has 0 aromatic heterocycles. The molecule has 0 saturated carbocycles. The van der Waals surface area contributed by atoms with E-state index >= 15 is 0 Å². The number of rotatable bonds is 4. The number of benzene rings is 1. The van der Waals surface area contributed by atoms with Crippen LogP contribution in [0.15, 0.2) is 30.3 Å². The minimum absolute atomic E-state index is 0.0120. The molecule has 0 radical (unpaired) electrons. The second-order valence-electron chi connectivity index (χ2n) is 6.98. The van der Waals surface area contributed by atoms with Crippen molar-refractivity contribution < 1.29 is 9.53 Å². The minimum Gasteiger partial charge on any atom is -0.372 e. The molecule has 22 heavy (non-hydrogen) atoms. The molecule has 1 heterocycles. The van der Waals surface area contributed by atoms with Crippen LogP contribution >= 0.6 is 0 Å². The molecule has 2 amide bonds. The number of carbonyl (C=O) groups is 1. The van der Waals surface area contributed by atoms with Gasteiger partial charge in [-0.2, -0.15) is 0 Å². The standard InChI is InChI=1S/C18H28N2O2/c1-14(2)16(15-8-6-5-7-9-15)12-19-17(21)20-10-11-22-18(3,4)13-20/h5-9,14,16H,10-13H2,1-4H3,(H,19,21). The smallest absolute Gasteiger partial charge is 0.317 e. The maximum atomic E-state index is 12.4. The Bertz CT molecular complexity index is 485. The van der Waals surface area contributed by atoms with E-state index in [1.165, 1.54) is 5.56 Å². The summed E-state index contributed by atoms with van der Waals surface area (Å²) in [5.74, 6) is 0.808. The zero-order valence-corrected chi connectivity index (χ0v) is 14.1. The summed E-state index contributed by atoms with van der Waals surface area (Å²) in [6, 6.07) is 10.4. The Morgan fingerprint density at radius 2 is 2.00 bits per heavy atom. The molecular formula is C18H28N2O2. The van der Waals surface area contributed by atoms with Crippen molar-refractivity contribution in [1.29, 1.82) is 0 Å². The highest BCUT2D eigenvalue weighted by atomic mass is 16.5. The first-order valence-corrected chi connectivity index (χ1v) is 8.11. The van der Waals surface area contributed by atoms with Gasteiger partial charge < -0.3 is 15.0 Å². The van der Waals surface area contributed by atoms with E-state index in [9.17, 15) is 4.79 Å². The molecule has 122 valence electrons. The van der Waals surface area contributed by atoms with Crippen LogP contribution in [0.4, 0.5) is 4.79 Å². The molecular weight excluding hydrogens is 276 g/mol. The molecule has 4 heteroatoms.